The van der Waals surface area contributed by atoms with E-state index in [2.05, 4.69) is 41.5 Å². The molecule has 0 atom stereocenters. The van der Waals surface area contributed by atoms with Crippen LogP contribution in [0.1, 0.15) is 27.1 Å². The predicted octanol–water partition coefficient (Wildman–Crippen LogP) is 4.68. The van der Waals surface area contributed by atoms with Crippen molar-refractivity contribution < 1.29 is 9.53 Å². The van der Waals surface area contributed by atoms with Crippen LogP contribution in [0.5, 0.6) is 5.75 Å². The molecule has 1 aromatic heterocycles. The molecule has 1 N–H and O–H groups in total. The number of hydrogen-bond acceptors (Lipinski definition) is 4. The molecule has 1 amide bonds. The number of aromatic nitrogens is 1. The summed E-state index contributed by atoms with van der Waals surface area (Å²) in [7, 11) is 0. The van der Waals surface area contributed by atoms with Crippen LogP contribution in [-0.2, 0) is 11.2 Å². The third-order valence-corrected chi connectivity index (χ3v) is 4.86. The van der Waals surface area contributed by atoms with E-state index in [1.165, 1.54) is 28.0 Å². The molecule has 4 nitrogen and oxygen atoms in total. The van der Waals surface area contributed by atoms with Gasteiger partial charge in [-0.3, -0.25) is 10.1 Å². The maximum absolute atomic E-state index is 12.1. The number of aryl methyl sites for hydroxylation is 3. The lowest BCUT2D eigenvalue weighted by molar-refractivity contribution is -0.118. The number of ether oxygens (including phenoxy) is 1. The van der Waals surface area contributed by atoms with E-state index in [0.29, 0.717) is 5.13 Å². The van der Waals surface area contributed by atoms with Crippen LogP contribution in [0.3, 0.4) is 0 Å². The van der Waals surface area contributed by atoms with Gasteiger partial charge >= 0.3 is 0 Å². The van der Waals surface area contributed by atoms with E-state index in [4.69, 9.17) is 4.74 Å². The van der Waals surface area contributed by atoms with Crippen LogP contribution >= 0.6 is 11.3 Å². The molecule has 1 heterocycles. The highest BCUT2D eigenvalue weighted by Gasteiger charge is 2.09. The predicted molar refractivity (Wildman–Crippen MR) is 106 cm³/mol. The summed E-state index contributed by atoms with van der Waals surface area (Å²) in [5.41, 5.74) is 4.67. The Morgan fingerprint density at radius 2 is 1.92 bits per heavy atom. The van der Waals surface area contributed by atoms with Crippen molar-refractivity contribution in [2.75, 3.05) is 11.9 Å². The highest BCUT2D eigenvalue weighted by Crippen LogP contribution is 2.22. The van der Waals surface area contributed by atoms with Gasteiger partial charge in [0.05, 0.1) is 0 Å². The average Bonchev–Trinajstić information content (AvgIpc) is 3.01. The Labute approximate surface area is 157 Å². The highest BCUT2D eigenvalue weighted by molar-refractivity contribution is 7.15. The summed E-state index contributed by atoms with van der Waals surface area (Å²) >= 11 is 1.49. The Balaban J connectivity index is 1.54. The first-order chi connectivity index (χ1) is 12.5. The lowest BCUT2D eigenvalue weighted by Crippen LogP contribution is -2.20. The van der Waals surface area contributed by atoms with Crippen LogP contribution in [-0.4, -0.2) is 17.5 Å². The van der Waals surface area contributed by atoms with Crippen molar-refractivity contribution in [1.29, 1.82) is 0 Å². The molecule has 0 saturated heterocycles. The van der Waals surface area contributed by atoms with Gasteiger partial charge in [0.2, 0.25) is 0 Å². The topological polar surface area (TPSA) is 51.2 Å². The monoisotopic (exact) mass is 366 g/mol. The number of hydrogen-bond donors (Lipinski definition) is 1. The molecule has 0 saturated carbocycles. The number of amides is 1. The molecular formula is C21H22N2O2S. The van der Waals surface area contributed by atoms with Crippen LogP contribution in [0, 0.1) is 20.8 Å². The number of benzene rings is 2. The average molecular weight is 366 g/mol. The zero-order chi connectivity index (χ0) is 18.5. The van der Waals surface area contributed by atoms with Gasteiger partial charge in [-0.15, -0.1) is 11.3 Å². The van der Waals surface area contributed by atoms with Crippen molar-refractivity contribution in [2.24, 2.45) is 0 Å². The molecule has 0 bridgehead atoms. The maximum Gasteiger partial charge on any atom is 0.264 e. The van der Waals surface area contributed by atoms with Gasteiger partial charge in [-0.1, -0.05) is 47.5 Å². The number of nitrogens with one attached hydrogen (secondary N) is 1. The number of nitrogens with zero attached hydrogens (tertiary/aromatic N) is 1. The van der Waals surface area contributed by atoms with Crippen molar-refractivity contribution in [3.63, 3.8) is 0 Å². The van der Waals surface area contributed by atoms with Gasteiger partial charge in [-0.2, -0.15) is 0 Å². The summed E-state index contributed by atoms with van der Waals surface area (Å²) in [6.45, 7) is 6.05. The molecule has 0 spiro atoms. The molecule has 26 heavy (non-hydrogen) atoms. The lowest BCUT2D eigenvalue weighted by atomic mass is 10.1. The minimum atomic E-state index is -0.207. The fraction of sp³-hybridized carbons (Fsp3) is 0.238. The number of anilines is 1. The third kappa shape index (κ3) is 4.92. The smallest absolute Gasteiger partial charge is 0.264 e. The Bertz CT molecular complexity index is 918. The van der Waals surface area contributed by atoms with Crippen molar-refractivity contribution in [2.45, 2.75) is 27.2 Å². The van der Waals surface area contributed by atoms with Crippen LogP contribution in [0.15, 0.2) is 48.7 Å². The molecule has 3 aromatic rings. The molecule has 2 aromatic carbocycles. The van der Waals surface area contributed by atoms with E-state index in [1.54, 1.807) is 0 Å². The van der Waals surface area contributed by atoms with Crippen molar-refractivity contribution in [3.05, 3.63) is 75.8 Å². The number of carbonyl (C=O) groups excluding carboxylic acids is 1. The highest BCUT2D eigenvalue weighted by atomic mass is 32.1. The van der Waals surface area contributed by atoms with Gasteiger partial charge in [0.25, 0.3) is 5.91 Å². The summed E-state index contributed by atoms with van der Waals surface area (Å²) < 4.78 is 5.61. The maximum atomic E-state index is 12.1. The summed E-state index contributed by atoms with van der Waals surface area (Å²) in [6, 6.07) is 14.3. The van der Waals surface area contributed by atoms with Crippen LogP contribution in [0.2, 0.25) is 0 Å². The number of rotatable bonds is 6. The molecule has 134 valence electrons. The fourth-order valence-electron chi connectivity index (χ4n) is 2.73. The van der Waals surface area contributed by atoms with Gasteiger partial charge in [0, 0.05) is 17.5 Å². The number of thiazole rings is 1. The largest absolute Gasteiger partial charge is 0.483 e. The number of carbonyl (C=O) groups is 1. The van der Waals surface area contributed by atoms with Gasteiger partial charge in [0.15, 0.2) is 11.7 Å². The molecular weight excluding hydrogens is 344 g/mol. The molecule has 5 heteroatoms. The molecule has 0 unspecified atom stereocenters. The van der Waals surface area contributed by atoms with Gasteiger partial charge in [-0.05, 0) is 38.0 Å². The van der Waals surface area contributed by atoms with E-state index in [9.17, 15) is 4.79 Å². The van der Waals surface area contributed by atoms with Gasteiger partial charge in [0.1, 0.15) is 5.75 Å². The lowest BCUT2D eigenvalue weighted by Gasteiger charge is -2.09. The summed E-state index contributed by atoms with van der Waals surface area (Å²) in [5.74, 6) is 0.520. The van der Waals surface area contributed by atoms with E-state index < -0.39 is 0 Å². The molecule has 0 radical (unpaired) electrons. The van der Waals surface area contributed by atoms with E-state index in [0.717, 1.165) is 22.6 Å². The quantitative estimate of drug-likeness (QED) is 0.689. The first-order valence-electron chi connectivity index (χ1n) is 8.50. The third-order valence-electron chi connectivity index (χ3n) is 3.95. The summed E-state index contributed by atoms with van der Waals surface area (Å²) in [4.78, 5) is 17.5. The second-order valence-electron chi connectivity index (χ2n) is 6.40. The molecule has 0 aliphatic carbocycles. The second-order valence-corrected chi connectivity index (χ2v) is 7.52. The normalized spacial score (nSPS) is 10.6. The first-order valence-corrected chi connectivity index (χ1v) is 9.31. The van der Waals surface area contributed by atoms with E-state index in [-0.39, 0.29) is 12.5 Å². The van der Waals surface area contributed by atoms with Crippen molar-refractivity contribution in [1.82, 2.24) is 4.98 Å². The van der Waals surface area contributed by atoms with Gasteiger partial charge < -0.3 is 4.74 Å². The minimum absolute atomic E-state index is 0.0311. The molecule has 0 fully saturated rings. The Kier molecular flexibility index (Phi) is 5.68. The Morgan fingerprint density at radius 1 is 1.12 bits per heavy atom. The van der Waals surface area contributed by atoms with Crippen LogP contribution in [0.25, 0.3) is 0 Å². The Hall–Kier alpha value is -2.66. The second kappa shape index (κ2) is 8.15. The molecule has 0 aliphatic heterocycles. The Morgan fingerprint density at radius 3 is 2.69 bits per heavy atom. The van der Waals surface area contributed by atoms with Crippen LogP contribution in [0.4, 0.5) is 5.13 Å². The van der Waals surface area contributed by atoms with Crippen molar-refractivity contribution >= 4 is 22.4 Å². The van der Waals surface area contributed by atoms with Gasteiger partial charge in [-0.25, -0.2) is 4.98 Å². The zero-order valence-electron chi connectivity index (χ0n) is 15.2. The summed E-state index contributed by atoms with van der Waals surface area (Å²) in [5, 5.41) is 3.40. The SMILES string of the molecule is Cc1cccc(Cc2cnc(NC(=O)COc3ccc(C)cc3C)s2)c1. The minimum Gasteiger partial charge on any atom is -0.483 e. The standard InChI is InChI=1S/C21H22N2O2S/c1-14-5-4-6-17(10-14)11-18-12-22-21(26-18)23-20(24)13-25-19-8-7-15(2)9-16(19)3/h4-10,12H,11,13H2,1-3H3,(H,22,23,24). The van der Waals surface area contributed by atoms with Crippen molar-refractivity contribution in [3.8, 4) is 5.75 Å². The van der Waals surface area contributed by atoms with Crippen LogP contribution < -0.4 is 10.1 Å². The summed E-state index contributed by atoms with van der Waals surface area (Å²) in [6.07, 6.45) is 2.63. The van der Waals surface area contributed by atoms with E-state index in [1.807, 2.05) is 38.2 Å². The molecule has 0 aliphatic rings. The fourth-order valence-corrected chi connectivity index (χ4v) is 3.59. The zero-order valence-corrected chi connectivity index (χ0v) is 16.0. The molecule has 3 rings (SSSR count). The first kappa shape index (κ1) is 18.1. The van der Waals surface area contributed by atoms with E-state index >= 15 is 0 Å².